The Hall–Kier alpha value is -3.12. The molecule has 8 nitrogen and oxygen atoms in total. The van der Waals surface area contributed by atoms with E-state index in [1.54, 1.807) is 43.3 Å². The van der Waals surface area contributed by atoms with Crippen LogP contribution in [0.2, 0.25) is 0 Å². The lowest BCUT2D eigenvalue weighted by Gasteiger charge is -2.11. The van der Waals surface area contributed by atoms with Gasteiger partial charge in [0.2, 0.25) is 5.88 Å². The fourth-order valence-electron chi connectivity index (χ4n) is 3.40. The molecule has 0 fully saturated rings. The molecule has 0 radical (unpaired) electrons. The van der Waals surface area contributed by atoms with E-state index >= 15 is 0 Å². The number of ether oxygens (including phenoxy) is 1. The van der Waals surface area contributed by atoms with Crippen LogP contribution in [0.15, 0.2) is 53.5 Å². The molecule has 4 N–H and O–H groups in total. The second-order valence-electron chi connectivity index (χ2n) is 7.08. The van der Waals surface area contributed by atoms with Crippen molar-refractivity contribution in [3.63, 3.8) is 0 Å². The predicted octanol–water partition coefficient (Wildman–Crippen LogP) is 3.66. The summed E-state index contributed by atoms with van der Waals surface area (Å²) >= 11 is 2.03. The van der Waals surface area contributed by atoms with Crippen LogP contribution in [0, 0.1) is 9.39 Å². The van der Waals surface area contributed by atoms with Gasteiger partial charge in [-0.1, -0.05) is 0 Å². The first-order chi connectivity index (χ1) is 15.4. The van der Waals surface area contributed by atoms with Gasteiger partial charge in [0.05, 0.1) is 24.5 Å². The summed E-state index contributed by atoms with van der Waals surface area (Å²) in [6.45, 7) is 1.78. The monoisotopic (exact) mass is 550 g/mol. The molecular formula is C22H20FIN4O4. The SMILES string of the molecule is C[C@@H](c1ncc(-c2ccc(I)cc2F)[nH]1)n1c(O)c(-c2ccc(OCCO)cc2)[nH]c1=O. The average molecular weight is 550 g/mol. The van der Waals surface area contributed by atoms with Crippen molar-refractivity contribution in [2.24, 2.45) is 0 Å². The zero-order valence-corrected chi connectivity index (χ0v) is 19.1. The number of halogens is 2. The number of rotatable bonds is 7. The summed E-state index contributed by atoms with van der Waals surface area (Å²) < 4.78 is 21.6. The topological polar surface area (TPSA) is 116 Å². The van der Waals surface area contributed by atoms with Gasteiger partial charge in [-0.3, -0.25) is 4.57 Å². The van der Waals surface area contributed by atoms with Crippen LogP contribution in [0.25, 0.3) is 22.5 Å². The van der Waals surface area contributed by atoms with Crippen molar-refractivity contribution in [1.82, 2.24) is 19.5 Å². The van der Waals surface area contributed by atoms with Crippen LogP contribution in [-0.4, -0.2) is 42.9 Å². The first kappa shape index (κ1) is 22.1. The predicted molar refractivity (Wildman–Crippen MR) is 125 cm³/mol. The lowest BCUT2D eigenvalue weighted by molar-refractivity contribution is 0.201. The number of aliphatic hydroxyl groups excluding tert-OH is 1. The molecule has 0 saturated carbocycles. The molecule has 2 heterocycles. The van der Waals surface area contributed by atoms with E-state index in [0.29, 0.717) is 28.4 Å². The Kier molecular flexibility index (Phi) is 6.33. The Bertz CT molecular complexity index is 1300. The van der Waals surface area contributed by atoms with Gasteiger partial charge in [0.15, 0.2) is 0 Å². The van der Waals surface area contributed by atoms with E-state index in [0.717, 1.165) is 3.57 Å². The third-order valence-corrected chi connectivity index (χ3v) is 5.68. The summed E-state index contributed by atoms with van der Waals surface area (Å²) in [5.41, 5.74) is 1.17. The number of imidazole rings is 2. The number of aromatic hydroxyl groups is 1. The first-order valence-corrected chi connectivity index (χ1v) is 10.8. The third-order valence-electron chi connectivity index (χ3n) is 5.01. The summed E-state index contributed by atoms with van der Waals surface area (Å²) in [5, 5.41) is 19.6. The molecular weight excluding hydrogens is 530 g/mol. The quantitative estimate of drug-likeness (QED) is 0.262. The molecule has 2 aromatic carbocycles. The minimum absolute atomic E-state index is 0.0959. The average Bonchev–Trinajstić information content (AvgIpc) is 3.37. The Morgan fingerprint density at radius 1 is 1.22 bits per heavy atom. The molecule has 0 aliphatic carbocycles. The van der Waals surface area contributed by atoms with E-state index in [1.165, 1.54) is 16.8 Å². The van der Waals surface area contributed by atoms with Crippen LogP contribution in [0.5, 0.6) is 11.6 Å². The molecule has 0 aliphatic rings. The number of hydrogen-bond acceptors (Lipinski definition) is 5. The minimum atomic E-state index is -0.639. The number of aromatic nitrogens is 4. The Balaban J connectivity index is 1.63. The van der Waals surface area contributed by atoms with Crippen LogP contribution in [0.4, 0.5) is 4.39 Å². The van der Waals surface area contributed by atoms with Gasteiger partial charge in [-0.2, -0.15) is 0 Å². The number of benzene rings is 2. The van der Waals surface area contributed by atoms with Crippen LogP contribution in [0.3, 0.4) is 0 Å². The van der Waals surface area contributed by atoms with Gasteiger partial charge < -0.3 is 24.9 Å². The van der Waals surface area contributed by atoms with Gasteiger partial charge in [0, 0.05) is 14.7 Å². The van der Waals surface area contributed by atoms with Crippen molar-refractivity contribution < 1.29 is 19.3 Å². The number of nitrogens with one attached hydrogen (secondary N) is 2. The van der Waals surface area contributed by atoms with E-state index < -0.39 is 11.7 Å². The molecule has 2 aromatic heterocycles. The molecule has 0 spiro atoms. The molecule has 10 heteroatoms. The van der Waals surface area contributed by atoms with Crippen molar-refractivity contribution in [3.05, 3.63) is 74.4 Å². The summed E-state index contributed by atoms with van der Waals surface area (Å²) in [5.74, 6) is 0.331. The second kappa shape index (κ2) is 9.17. The number of aromatic amines is 2. The fraction of sp³-hybridized carbons (Fsp3) is 0.182. The molecule has 0 aliphatic heterocycles. The van der Waals surface area contributed by atoms with Crippen molar-refractivity contribution in [2.45, 2.75) is 13.0 Å². The fourth-order valence-corrected chi connectivity index (χ4v) is 3.85. The van der Waals surface area contributed by atoms with Crippen molar-refractivity contribution in [3.8, 4) is 34.1 Å². The second-order valence-corrected chi connectivity index (χ2v) is 8.32. The maximum Gasteiger partial charge on any atom is 0.329 e. The van der Waals surface area contributed by atoms with Crippen molar-refractivity contribution in [1.29, 1.82) is 0 Å². The summed E-state index contributed by atoms with van der Waals surface area (Å²) in [6.07, 6.45) is 1.50. The normalized spacial score (nSPS) is 12.1. The first-order valence-electron chi connectivity index (χ1n) is 9.77. The van der Waals surface area contributed by atoms with E-state index in [2.05, 4.69) is 15.0 Å². The summed E-state index contributed by atoms with van der Waals surface area (Å²) in [7, 11) is 0. The van der Waals surface area contributed by atoms with Crippen LogP contribution >= 0.6 is 22.6 Å². The van der Waals surface area contributed by atoms with Crippen LogP contribution < -0.4 is 10.4 Å². The molecule has 0 unspecified atom stereocenters. The molecule has 166 valence electrons. The Morgan fingerprint density at radius 2 is 1.97 bits per heavy atom. The van der Waals surface area contributed by atoms with Gasteiger partial charge in [-0.05, 0) is 72.0 Å². The highest BCUT2D eigenvalue weighted by atomic mass is 127. The van der Waals surface area contributed by atoms with E-state index in [4.69, 9.17) is 9.84 Å². The molecule has 4 rings (SSSR count). The van der Waals surface area contributed by atoms with Gasteiger partial charge in [-0.15, -0.1) is 0 Å². The lowest BCUT2D eigenvalue weighted by Crippen LogP contribution is -2.21. The smallest absolute Gasteiger partial charge is 0.329 e. The lowest BCUT2D eigenvalue weighted by atomic mass is 10.1. The van der Waals surface area contributed by atoms with Gasteiger partial charge in [0.25, 0.3) is 0 Å². The van der Waals surface area contributed by atoms with E-state index in [9.17, 15) is 14.3 Å². The van der Waals surface area contributed by atoms with Gasteiger partial charge in [0.1, 0.15) is 29.7 Å². The number of hydrogen-bond donors (Lipinski definition) is 4. The maximum atomic E-state index is 14.3. The van der Waals surface area contributed by atoms with Crippen LogP contribution in [0.1, 0.15) is 18.8 Å². The standard InChI is InChI=1S/C22H20FIN4O4/c1-12(20-25-11-18(26-20)16-7-4-14(24)10-17(16)23)28-21(30)19(27-22(28)31)13-2-5-15(6-3-13)32-9-8-29/h2-7,10-12,29-30H,8-9H2,1H3,(H,25,26)(H,27,31)/t12-/m0/s1. The summed E-state index contributed by atoms with van der Waals surface area (Å²) in [4.78, 5) is 22.6. The van der Waals surface area contributed by atoms with Crippen molar-refractivity contribution in [2.75, 3.05) is 13.2 Å². The highest BCUT2D eigenvalue weighted by Crippen LogP contribution is 2.31. The largest absolute Gasteiger partial charge is 0.493 e. The zero-order valence-electron chi connectivity index (χ0n) is 17.0. The summed E-state index contributed by atoms with van der Waals surface area (Å²) in [6, 6.07) is 11.0. The molecule has 0 saturated heterocycles. The Labute approximate surface area is 195 Å². The molecule has 32 heavy (non-hydrogen) atoms. The number of nitrogens with zero attached hydrogens (tertiary/aromatic N) is 2. The molecule has 0 amide bonds. The van der Waals surface area contributed by atoms with Crippen molar-refractivity contribution >= 4 is 22.6 Å². The highest BCUT2D eigenvalue weighted by molar-refractivity contribution is 14.1. The Morgan fingerprint density at radius 3 is 2.66 bits per heavy atom. The zero-order chi connectivity index (χ0) is 22.8. The number of aliphatic hydroxyl groups is 1. The maximum absolute atomic E-state index is 14.3. The van der Waals surface area contributed by atoms with Gasteiger partial charge in [-0.25, -0.2) is 14.2 Å². The van der Waals surface area contributed by atoms with Gasteiger partial charge >= 0.3 is 5.69 Å². The molecule has 1 atom stereocenters. The van der Waals surface area contributed by atoms with E-state index in [1.807, 2.05) is 22.6 Å². The molecule has 0 bridgehead atoms. The van der Waals surface area contributed by atoms with E-state index in [-0.39, 0.29) is 30.6 Å². The molecule has 4 aromatic rings. The van der Waals surface area contributed by atoms with Crippen LogP contribution in [-0.2, 0) is 0 Å². The number of H-pyrrole nitrogens is 2. The third kappa shape index (κ3) is 4.28. The minimum Gasteiger partial charge on any atom is -0.493 e. The highest BCUT2D eigenvalue weighted by Gasteiger charge is 2.22.